The highest BCUT2D eigenvalue weighted by Gasteiger charge is 2.19. The van der Waals surface area contributed by atoms with E-state index < -0.39 is 0 Å². The van der Waals surface area contributed by atoms with Gasteiger partial charge in [0, 0.05) is 6.42 Å². The summed E-state index contributed by atoms with van der Waals surface area (Å²) in [6, 6.07) is 10.3. The maximum atomic E-state index is 9.49. The molecule has 0 radical (unpaired) electrons. The van der Waals surface area contributed by atoms with Crippen molar-refractivity contribution < 1.29 is 5.11 Å². The van der Waals surface area contributed by atoms with Gasteiger partial charge in [-0.2, -0.15) is 0 Å². The van der Waals surface area contributed by atoms with Gasteiger partial charge in [0.05, 0.1) is 12.6 Å². The fraction of sp³-hybridized carbons (Fsp3) is 0.500. The van der Waals surface area contributed by atoms with Crippen LogP contribution in [0, 0.1) is 5.41 Å². The van der Waals surface area contributed by atoms with Crippen LogP contribution in [0.2, 0.25) is 0 Å². The summed E-state index contributed by atoms with van der Waals surface area (Å²) in [6.45, 7) is 6.60. The molecule has 1 aromatic carbocycles. The molecule has 0 amide bonds. The fourth-order valence-electron chi connectivity index (χ4n) is 2.23. The Labute approximate surface area is 130 Å². The molecule has 0 saturated heterocycles. The van der Waals surface area contributed by atoms with Gasteiger partial charge in [-0.3, -0.25) is 0 Å². The van der Waals surface area contributed by atoms with Crippen molar-refractivity contribution in [3.63, 3.8) is 0 Å². The minimum atomic E-state index is 0.0162. The minimum absolute atomic E-state index is 0.0162. The molecular formula is C16H23N3OS. The third-order valence-corrected chi connectivity index (χ3v) is 3.93. The van der Waals surface area contributed by atoms with E-state index in [9.17, 15) is 5.11 Å². The molecule has 0 aliphatic carbocycles. The molecule has 5 heteroatoms. The highest BCUT2D eigenvalue weighted by molar-refractivity contribution is 7.15. The Bertz CT molecular complexity index is 548. The number of hydrogen-bond acceptors (Lipinski definition) is 5. The first-order chi connectivity index (χ1) is 9.96. The Morgan fingerprint density at radius 1 is 1.19 bits per heavy atom. The second kappa shape index (κ2) is 7.00. The van der Waals surface area contributed by atoms with Gasteiger partial charge < -0.3 is 10.4 Å². The van der Waals surface area contributed by atoms with E-state index >= 15 is 0 Å². The van der Waals surface area contributed by atoms with Crippen molar-refractivity contribution in [2.75, 3.05) is 11.9 Å². The second-order valence-corrected chi connectivity index (χ2v) is 7.51. The van der Waals surface area contributed by atoms with Crippen LogP contribution in [-0.4, -0.2) is 28.0 Å². The van der Waals surface area contributed by atoms with Crippen LogP contribution >= 0.6 is 11.3 Å². The zero-order valence-corrected chi connectivity index (χ0v) is 13.7. The van der Waals surface area contributed by atoms with Gasteiger partial charge >= 0.3 is 0 Å². The van der Waals surface area contributed by atoms with E-state index in [2.05, 4.69) is 48.4 Å². The van der Waals surface area contributed by atoms with Gasteiger partial charge in [0.1, 0.15) is 5.01 Å². The lowest BCUT2D eigenvalue weighted by atomic mass is 9.88. The third kappa shape index (κ3) is 5.44. The SMILES string of the molecule is CC(C)(C)CC(CO)Nc1nnc(Cc2ccccc2)s1. The lowest BCUT2D eigenvalue weighted by molar-refractivity contribution is 0.234. The molecule has 114 valence electrons. The molecule has 0 bridgehead atoms. The summed E-state index contributed by atoms with van der Waals surface area (Å²) in [5.41, 5.74) is 1.39. The van der Waals surface area contributed by atoms with Crippen LogP contribution in [0.4, 0.5) is 5.13 Å². The minimum Gasteiger partial charge on any atom is -0.394 e. The Hall–Kier alpha value is -1.46. The molecule has 2 rings (SSSR count). The number of nitrogens with zero attached hydrogens (tertiary/aromatic N) is 2. The van der Waals surface area contributed by atoms with E-state index in [0.29, 0.717) is 0 Å². The van der Waals surface area contributed by atoms with Crippen LogP contribution in [0.3, 0.4) is 0 Å². The molecule has 0 aliphatic rings. The third-order valence-electron chi connectivity index (χ3n) is 3.07. The number of nitrogens with one attached hydrogen (secondary N) is 1. The standard InChI is InChI=1S/C16H23N3OS/c1-16(2,3)10-13(11-20)17-15-19-18-14(21-15)9-12-7-5-4-6-8-12/h4-8,13,20H,9-11H2,1-3H3,(H,17,19). The number of rotatable bonds is 6. The molecule has 1 aromatic heterocycles. The van der Waals surface area contributed by atoms with E-state index in [1.54, 1.807) is 11.3 Å². The lowest BCUT2D eigenvalue weighted by Crippen LogP contribution is -2.29. The van der Waals surface area contributed by atoms with Crippen molar-refractivity contribution in [1.82, 2.24) is 10.2 Å². The summed E-state index contributed by atoms with van der Waals surface area (Å²) in [5, 5.41) is 22.9. The summed E-state index contributed by atoms with van der Waals surface area (Å²) in [7, 11) is 0. The van der Waals surface area contributed by atoms with Crippen molar-refractivity contribution in [1.29, 1.82) is 0 Å². The summed E-state index contributed by atoms with van der Waals surface area (Å²) in [6.07, 6.45) is 1.68. The Balaban J connectivity index is 1.96. The van der Waals surface area contributed by atoms with E-state index in [1.165, 1.54) is 5.56 Å². The molecule has 0 spiro atoms. The molecule has 2 N–H and O–H groups in total. The predicted octanol–water partition coefficient (Wildman–Crippen LogP) is 3.34. The highest BCUT2D eigenvalue weighted by Crippen LogP contribution is 2.24. The van der Waals surface area contributed by atoms with Crippen LogP contribution in [0.1, 0.15) is 37.8 Å². The first kappa shape index (κ1) is 15.9. The number of aromatic nitrogens is 2. The Kier molecular flexibility index (Phi) is 5.31. The van der Waals surface area contributed by atoms with E-state index in [1.807, 2.05) is 18.2 Å². The van der Waals surface area contributed by atoms with Crippen molar-refractivity contribution in [3.8, 4) is 0 Å². The van der Waals surface area contributed by atoms with Gasteiger partial charge in [-0.05, 0) is 17.4 Å². The molecule has 1 atom stereocenters. The summed E-state index contributed by atoms with van der Waals surface area (Å²) in [5.74, 6) is 0. The molecule has 21 heavy (non-hydrogen) atoms. The average molecular weight is 305 g/mol. The van der Waals surface area contributed by atoms with Gasteiger partial charge in [0.25, 0.3) is 0 Å². The number of hydrogen-bond donors (Lipinski definition) is 2. The summed E-state index contributed by atoms with van der Waals surface area (Å²) in [4.78, 5) is 0. The van der Waals surface area contributed by atoms with Gasteiger partial charge in [-0.1, -0.05) is 62.4 Å². The maximum absolute atomic E-state index is 9.49. The quantitative estimate of drug-likeness (QED) is 0.859. The largest absolute Gasteiger partial charge is 0.394 e. The Morgan fingerprint density at radius 3 is 2.52 bits per heavy atom. The van der Waals surface area contributed by atoms with E-state index in [0.717, 1.165) is 23.0 Å². The topological polar surface area (TPSA) is 58.0 Å². The second-order valence-electron chi connectivity index (χ2n) is 6.45. The van der Waals surface area contributed by atoms with Crippen LogP contribution in [0.5, 0.6) is 0 Å². The fourth-order valence-corrected chi connectivity index (χ4v) is 3.08. The number of anilines is 1. The lowest BCUT2D eigenvalue weighted by Gasteiger charge is -2.24. The highest BCUT2D eigenvalue weighted by atomic mass is 32.1. The summed E-state index contributed by atoms with van der Waals surface area (Å²) >= 11 is 1.55. The van der Waals surface area contributed by atoms with Gasteiger partial charge in [-0.25, -0.2) is 0 Å². The molecule has 1 heterocycles. The number of aliphatic hydroxyl groups is 1. The monoisotopic (exact) mass is 305 g/mol. The van der Waals surface area contributed by atoms with Crippen LogP contribution in [-0.2, 0) is 6.42 Å². The van der Waals surface area contributed by atoms with Gasteiger partial charge in [0.15, 0.2) is 0 Å². The van der Waals surface area contributed by atoms with Crippen molar-refractivity contribution >= 4 is 16.5 Å². The Morgan fingerprint density at radius 2 is 1.90 bits per heavy atom. The van der Waals surface area contributed by atoms with E-state index in [4.69, 9.17) is 0 Å². The smallest absolute Gasteiger partial charge is 0.205 e. The van der Waals surface area contributed by atoms with Crippen molar-refractivity contribution in [2.24, 2.45) is 5.41 Å². The van der Waals surface area contributed by atoms with Crippen LogP contribution in [0.25, 0.3) is 0 Å². The first-order valence-corrected chi connectivity index (χ1v) is 8.01. The molecule has 2 aromatic rings. The van der Waals surface area contributed by atoms with E-state index in [-0.39, 0.29) is 18.1 Å². The molecule has 0 aliphatic heterocycles. The number of aliphatic hydroxyl groups excluding tert-OH is 1. The number of benzene rings is 1. The molecular weight excluding hydrogens is 282 g/mol. The van der Waals surface area contributed by atoms with Crippen molar-refractivity contribution in [3.05, 3.63) is 40.9 Å². The summed E-state index contributed by atoms with van der Waals surface area (Å²) < 4.78 is 0. The average Bonchev–Trinajstić information content (AvgIpc) is 2.85. The normalized spacial score (nSPS) is 13.1. The van der Waals surface area contributed by atoms with Crippen LogP contribution < -0.4 is 5.32 Å². The zero-order chi connectivity index (χ0) is 15.3. The molecule has 0 fully saturated rings. The molecule has 0 saturated carbocycles. The van der Waals surface area contributed by atoms with Crippen molar-refractivity contribution in [2.45, 2.75) is 39.7 Å². The van der Waals surface area contributed by atoms with Gasteiger partial charge in [0.2, 0.25) is 5.13 Å². The maximum Gasteiger partial charge on any atom is 0.205 e. The molecule has 1 unspecified atom stereocenters. The predicted molar refractivity (Wildman–Crippen MR) is 87.7 cm³/mol. The zero-order valence-electron chi connectivity index (χ0n) is 12.8. The first-order valence-electron chi connectivity index (χ1n) is 7.20. The van der Waals surface area contributed by atoms with Crippen LogP contribution in [0.15, 0.2) is 30.3 Å². The molecule has 4 nitrogen and oxygen atoms in total. The van der Waals surface area contributed by atoms with Gasteiger partial charge in [-0.15, -0.1) is 10.2 Å².